The number of carboxylic acid groups (broad SMARTS) is 1. The summed E-state index contributed by atoms with van der Waals surface area (Å²) in [6.07, 6.45) is 10.5. The number of aromatic nitrogens is 4. The summed E-state index contributed by atoms with van der Waals surface area (Å²) in [5.41, 5.74) is 2.67. The highest BCUT2D eigenvalue weighted by molar-refractivity contribution is 5.99. The number of aryl methyl sites for hydroxylation is 1. The number of pyridine rings is 1. The molecular formula is C27H32N6O3. The summed E-state index contributed by atoms with van der Waals surface area (Å²) >= 11 is 0. The van der Waals surface area contributed by atoms with Gasteiger partial charge >= 0.3 is 5.97 Å². The number of benzene rings is 1. The highest BCUT2D eigenvalue weighted by atomic mass is 16.4. The Morgan fingerprint density at radius 1 is 1.11 bits per heavy atom. The number of nitrogens with zero attached hydrogens (tertiary/aromatic N) is 3. The van der Waals surface area contributed by atoms with Crippen molar-refractivity contribution in [2.24, 2.45) is 0 Å². The zero-order valence-electron chi connectivity index (χ0n) is 20.4. The normalized spacial score (nSPS) is 11.9. The third-order valence-corrected chi connectivity index (χ3v) is 6.06. The smallest absolute Gasteiger partial charge is 0.326 e. The van der Waals surface area contributed by atoms with E-state index in [9.17, 15) is 14.7 Å². The van der Waals surface area contributed by atoms with Crippen molar-refractivity contribution >= 4 is 28.7 Å². The van der Waals surface area contributed by atoms with Crippen LogP contribution in [0.3, 0.4) is 0 Å². The molecule has 0 saturated heterocycles. The highest BCUT2D eigenvalue weighted by Gasteiger charge is 2.21. The van der Waals surface area contributed by atoms with Crippen molar-refractivity contribution in [2.75, 3.05) is 11.9 Å². The highest BCUT2D eigenvalue weighted by Crippen LogP contribution is 2.23. The lowest BCUT2D eigenvalue weighted by atomic mass is 10.1. The Hall–Kier alpha value is -4.14. The number of carbonyl (C=O) groups is 2. The van der Waals surface area contributed by atoms with E-state index in [1.807, 2.05) is 41.2 Å². The Labute approximate surface area is 210 Å². The van der Waals surface area contributed by atoms with E-state index in [0.29, 0.717) is 23.4 Å². The number of hydrogen-bond acceptors (Lipinski definition) is 5. The molecule has 4 rings (SSSR count). The molecule has 0 aliphatic heterocycles. The van der Waals surface area contributed by atoms with Crippen LogP contribution in [0.5, 0.6) is 0 Å². The molecule has 0 fully saturated rings. The molecule has 3 aromatic heterocycles. The Kier molecular flexibility index (Phi) is 8.33. The Balaban J connectivity index is 1.43. The SMILES string of the molecule is CCCCCCNc1cc(-c2nc3ccc(C(=O)N[C@@H](CCn4cccc4)C(=O)O)cc3[nH]2)ccn1. The third kappa shape index (κ3) is 6.50. The van der Waals surface area contributed by atoms with Gasteiger partial charge in [0.2, 0.25) is 0 Å². The van der Waals surface area contributed by atoms with Gasteiger partial charge < -0.3 is 25.3 Å². The number of amides is 1. The molecular weight excluding hydrogens is 456 g/mol. The van der Waals surface area contributed by atoms with Gasteiger partial charge in [-0.05, 0) is 55.3 Å². The summed E-state index contributed by atoms with van der Waals surface area (Å²) < 4.78 is 1.88. The summed E-state index contributed by atoms with van der Waals surface area (Å²) in [5.74, 6) is -0.0300. The average Bonchev–Trinajstić information content (AvgIpc) is 3.56. The summed E-state index contributed by atoms with van der Waals surface area (Å²) in [7, 11) is 0. The fraction of sp³-hybridized carbons (Fsp3) is 0.333. The summed E-state index contributed by atoms with van der Waals surface area (Å²) in [5, 5.41) is 15.6. The van der Waals surface area contributed by atoms with Crippen LogP contribution in [-0.2, 0) is 11.3 Å². The number of anilines is 1. The molecule has 9 nitrogen and oxygen atoms in total. The largest absolute Gasteiger partial charge is 0.480 e. The number of fused-ring (bicyclic) bond motifs is 1. The number of carboxylic acids is 1. The second kappa shape index (κ2) is 12.0. The first-order chi connectivity index (χ1) is 17.5. The lowest BCUT2D eigenvalue weighted by molar-refractivity contribution is -0.139. The molecule has 0 aliphatic carbocycles. The standard InChI is InChI=1S/C27H32N6O3/c1-2-3-4-5-12-28-24-18-19(10-13-29-24)25-30-21-9-8-20(17-23(21)31-25)26(34)32-22(27(35)36)11-16-33-14-6-7-15-33/h6-10,13-15,17-18,22H,2-5,11-12,16H2,1H3,(H,28,29)(H,30,31)(H,32,34)(H,35,36)/t22-/m0/s1. The molecule has 0 unspecified atom stereocenters. The van der Waals surface area contributed by atoms with Crippen molar-refractivity contribution in [3.63, 3.8) is 0 Å². The van der Waals surface area contributed by atoms with Gasteiger partial charge in [-0.25, -0.2) is 14.8 Å². The molecule has 1 atom stereocenters. The van der Waals surface area contributed by atoms with E-state index in [1.54, 1.807) is 24.4 Å². The van der Waals surface area contributed by atoms with E-state index in [-0.39, 0.29) is 6.42 Å². The number of aliphatic carboxylic acids is 1. The van der Waals surface area contributed by atoms with Crippen LogP contribution in [0.15, 0.2) is 61.1 Å². The topological polar surface area (TPSA) is 125 Å². The average molecular weight is 489 g/mol. The number of carbonyl (C=O) groups excluding carboxylic acids is 1. The van der Waals surface area contributed by atoms with Crippen LogP contribution in [-0.4, -0.2) is 49.1 Å². The first-order valence-corrected chi connectivity index (χ1v) is 12.4. The van der Waals surface area contributed by atoms with Crippen molar-refractivity contribution in [3.05, 3.63) is 66.6 Å². The van der Waals surface area contributed by atoms with Crippen LogP contribution in [0, 0.1) is 0 Å². The Bertz CT molecular complexity index is 1300. The van der Waals surface area contributed by atoms with Crippen LogP contribution in [0.2, 0.25) is 0 Å². The number of nitrogens with one attached hydrogen (secondary N) is 3. The van der Waals surface area contributed by atoms with Gasteiger partial charge in [0, 0.05) is 42.8 Å². The van der Waals surface area contributed by atoms with Crippen LogP contribution in [0.1, 0.15) is 49.4 Å². The summed E-state index contributed by atoms with van der Waals surface area (Å²) in [6, 6.07) is 11.7. The van der Waals surface area contributed by atoms with E-state index in [2.05, 4.69) is 32.5 Å². The van der Waals surface area contributed by atoms with Gasteiger partial charge in [0.05, 0.1) is 11.0 Å². The van der Waals surface area contributed by atoms with Gasteiger partial charge in [-0.2, -0.15) is 0 Å². The predicted molar refractivity (Wildman–Crippen MR) is 140 cm³/mol. The van der Waals surface area contributed by atoms with Gasteiger partial charge in [-0.15, -0.1) is 0 Å². The summed E-state index contributed by atoms with van der Waals surface area (Å²) in [4.78, 5) is 36.8. The number of H-pyrrole nitrogens is 1. The quantitative estimate of drug-likeness (QED) is 0.202. The van der Waals surface area contributed by atoms with E-state index < -0.39 is 17.9 Å². The molecule has 188 valence electrons. The molecule has 4 N–H and O–H groups in total. The van der Waals surface area contributed by atoms with Gasteiger partial charge in [0.1, 0.15) is 17.7 Å². The number of imidazole rings is 1. The lowest BCUT2D eigenvalue weighted by Gasteiger charge is -2.15. The third-order valence-electron chi connectivity index (χ3n) is 6.06. The van der Waals surface area contributed by atoms with Crippen molar-refractivity contribution in [3.8, 4) is 11.4 Å². The number of rotatable bonds is 13. The number of unbranched alkanes of at least 4 members (excludes halogenated alkanes) is 3. The molecule has 36 heavy (non-hydrogen) atoms. The molecule has 4 aromatic rings. The first kappa shape index (κ1) is 25.0. The zero-order chi connectivity index (χ0) is 25.3. The predicted octanol–water partition coefficient (Wildman–Crippen LogP) is 4.69. The van der Waals surface area contributed by atoms with Crippen molar-refractivity contribution < 1.29 is 14.7 Å². The Morgan fingerprint density at radius 2 is 1.94 bits per heavy atom. The molecule has 1 aromatic carbocycles. The van der Waals surface area contributed by atoms with E-state index >= 15 is 0 Å². The Morgan fingerprint density at radius 3 is 2.72 bits per heavy atom. The fourth-order valence-electron chi connectivity index (χ4n) is 4.03. The van der Waals surface area contributed by atoms with Crippen LogP contribution in [0.25, 0.3) is 22.4 Å². The molecule has 1 amide bonds. The molecule has 0 aliphatic rings. The monoisotopic (exact) mass is 488 g/mol. The van der Waals surface area contributed by atoms with Gasteiger partial charge in [0.25, 0.3) is 5.91 Å². The van der Waals surface area contributed by atoms with Crippen LogP contribution >= 0.6 is 0 Å². The molecule has 0 saturated carbocycles. The molecule has 3 heterocycles. The van der Waals surface area contributed by atoms with Crippen molar-refractivity contribution in [1.29, 1.82) is 0 Å². The molecule has 0 bridgehead atoms. The molecule has 0 radical (unpaired) electrons. The van der Waals surface area contributed by atoms with Crippen molar-refractivity contribution in [2.45, 2.75) is 51.6 Å². The van der Waals surface area contributed by atoms with Gasteiger partial charge in [0.15, 0.2) is 0 Å². The van der Waals surface area contributed by atoms with Crippen LogP contribution < -0.4 is 10.6 Å². The lowest BCUT2D eigenvalue weighted by Crippen LogP contribution is -2.41. The molecule has 9 heteroatoms. The minimum absolute atomic E-state index is 0.281. The number of aromatic amines is 1. The van der Waals surface area contributed by atoms with Crippen molar-refractivity contribution in [1.82, 2.24) is 24.8 Å². The summed E-state index contributed by atoms with van der Waals surface area (Å²) in [6.45, 7) is 3.56. The van der Waals surface area contributed by atoms with Gasteiger partial charge in [-0.3, -0.25) is 4.79 Å². The van der Waals surface area contributed by atoms with Crippen LogP contribution in [0.4, 0.5) is 5.82 Å². The second-order valence-electron chi connectivity index (χ2n) is 8.81. The maximum atomic E-state index is 12.8. The maximum absolute atomic E-state index is 12.8. The first-order valence-electron chi connectivity index (χ1n) is 12.4. The van der Waals surface area contributed by atoms with E-state index in [1.165, 1.54) is 19.3 Å². The zero-order valence-corrected chi connectivity index (χ0v) is 20.4. The molecule has 0 spiro atoms. The number of hydrogen-bond donors (Lipinski definition) is 4. The maximum Gasteiger partial charge on any atom is 0.326 e. The minimum Gasteiger partial charge on any atom is -0.480 e. The van der Waals surface area contributed by atoms with Gasteiger partial charge in [-0.1, -0.05) is 26.2 Å². The minimum atomic E-state index is -1.06. The van der Waals surface area contributed by atoms with E-state index in [4.69, 9.17) is 0 Å². The second-order valence-corrected chi connectivity index (χ2v) is 8.81. The van der Waals surface area contributed by atoms with E-state index in [0.717, 1.165) is 29.9 Å². The fourth-order valence-corrected chi connectivity index (χ4v) is 4.03.